The van der Waals surface area contributed by atoms with Gasteiger partial charge in [-0.3, -0.25) is 14.5 Å². The Balaban J connectivity index is 1.49. The van der Waals surface area contributed by atoms with Crippen LogP contribution in [0.5, 0.6) is 0 Å². The Morgan fingerprint density at radius 1 is 1.10 bits per heavy atom. The highest BCUT2D eigenvalue weighted by Gasteiger charge is 2.29. The first-order chi connectivity index (χ1) is 14.6. The van der Waals surface area contributed by atoms with Gasteiger partial charge in [0.1, 0.15) is 11.6 Å². The van der Waals surface area contributed by atoms with Crippen LogP contribution in [0.15, 0.2) is 42.1 Å². The third kappa shape index (κ3) is 5.83. The molecule has 0 unspecified atom stereocenters. The minimum atomic E-state index is -0.244. The molecule has 7 nitrogen and oxygen atoms in total. The predicted molar refractivity (Wildman–Crippen MR) is 113 cm³/mol. The van der Waals surface area contributed by atoms with Gasteiger partial charge in [-0.25, -0.2) is 0 Å². The van der Waals surface area contributed by atoms with Crippen molar-refractivity contribution in [1.29, 1.82) is 5.26 Å². The summed E-state index contributed by atoms with van der Waals surface area (Å²) in [4.78, 5) is 30.8. The first-order valence-corrected chi connectivity index (χ1v) is 10.7. The number of carbonyl (C=O) groups is 2. The lowest BCUT2D eigenvalue weighted by Gasteiger charge is -2.35. The average Bonchev–Trinajstić information content (AvgIpc) is 2.79. The van der Waals surface area contributed by atoms with Gasteiger partial charge in [0.05, 0.1) is 12.5 Å². The van der Waals surface area contributed by atoms with Crippen LogP contribution in [0.2, 0.25) is 0 Å². The van der Waals surface area contributed by atoms with E-state index in [1.807, 2.05) is 6.07 Å². The maximum atomic E-state index is 12.8. The zero-order chi connectivity index (χ0) is 21.3. The van der Waals surface area contributed by atoms with Crippen molar-refractivity contribution in [3.05, 3.63) is 47.7 Å². The highest BCUT2D eigenvalue weighted by atomic mass is 16.5. The molecule has 1 amide bonds. The molecule has 0 atom stereocenters. The number of nitrogens with zero attached hydrogens (tertiary/aromatic N) is 4. The van der Waals surface area contributed by atoms with Crippen LogP contribution in [0.4, 0.5) is 0 Å². The molecular weight excluding hydrogens is 380 g/mol. The van der Waals surface area contributed by atoms with Gasteiger partial charge in [0.25, 0.3) is 5.91 Å². The van der Waals surface area contributed by atoms with Gasteiger partial charge in [-0.1, -0.05) is 30.3 Å². The number of hydrogen-bond donors (Lipinski definition) is 0. The van der Waals surface area contributed by atoms with Crippen molar-refractivity contribution in [2.24, 2.45) is 5.92 Å². The molecule has 1 aromatic carbocycles. The Bertz CT molecular complexity index is 786. The number of nitriles is 1. The van der Waals surface area contributed by atoms with Crippen LogP contribution in [0.1, 0.15) is 25.3 Å². The summed E-state index contributed by atoms with van der Waals surface area (Å²) in [5.74, 6) is -0.582. The summed E-state index contributed by atoms with van der Waals surface area (Å²) in [7, 11) is 0. The molecule has 2 aliphatic heterocycles. The van der Waals surface area contributed by atoms with Gasteiger partial charge in [0.15, 0.2) is 0 Å². The Morgan fingerprint density at radius 2 is 1.77 bits per heavy atom. The molecule has 0 spiro atoms. The Labute approximate surface area is 178 Å². The fourth-order valence-electron chi connectivity index (χ4n) is 3.96. The van der Waals surface area contributed by atoms with Crippen LogP contribution in [0.25, 0.3) is 0 Å². The largest absolute Gasteiger partial charge is 0.466 e. The van der Waals surface area contributed by atoms with E-state index in [2.05, 4.69) is 40.1 Å². The number of esters is 1. The van der Waals surface area contributed by atoms with Gasteiger partial charge >= 0.3 is 5.97 Å². The fraction of sp³-hybridized carbons (Fsp3) is 0.522. The maximum absolute atomic E-state index is 12.8. The van der Waals surface area contributed by atoms with Gasteiger partial charge in [-0.05, 0) is 25.3 Å². The molecule has 2 heterocycles. The van der Waals surface area contributed by atoms with Crippen LogP contribution in [0, 0.1) is 17.2 Å². The summed E-state index contributed by atoms with van der Waals surface area (Å²) in [6.45, 7) is 7.40. The lowest BCUT2D eigenvalue weighted by atomic mass is 9.96. The van der Waals surface area contributed by atoms with Crippen LogP contribution in [-0.2, 0) is 20.9 Å². The molecule has 0 radical (unpaired) electrons. The van der Waals surface area contributed by atoms with Crippen molar-refractivity contribution in [2.45, 2.75) is 26.3 Å². The molecule has 2 fully saturated rings. The second-order valence-corrected chi connectivity index (χ2v) is 7.77. The van der Waals surface area contributed by atoms with Crippen molar-refractivity contribution in [3.63, 3.8) is 0 Å². The maximum Gasteiger partial charge on any atom is 0.309 e. The zero-order valence-corrected chi connectivity index (χ0v) is 17.6. The molecule has 0 bridgehead atoms. The van der Waals surface area contributed by atoms with Crippen molar-refractivity contribution in [2.75, 3.05) is 45.9 Å². The third-order valence-corrected chi connectivity index (χ3v) is 5.72. The van der Waals surface area contributed by atoms with Gasteiger partial charge in [0.2, 0.25) is 0 Å². The second-order valence-electron chi connectivity index (χ2n) is 7.77. The molecule has 0 N–H and O–H groups in total. The summed E-state index contributed by atoms with van der Waals surface area (Å²) in [6.07, 6.45) is 2.88. The molecular formula is C23H30N4O3. The van der Waals surface area contributed by atoms with Crippen molar-refractivity contribution in [3.8, 4) is 6.07 Å². The topological polar surface area (TPSA) is 76.9 Å². The van der Waals surface area contributed by atoms with E-state index in [0.29, 0.717) is 32.5 Å². The van der Waals surface area contributed by atoms with E-state index < -0.39 is 0 Å². The molecule has 0 aromatic heterocycles. The molecule has 1 aromatic rings. The van der Waals surface area contributed by atoms with Crippen LogP contribution in [0.3, 0.4) is 0 Å². The zero-order valence-electron chi connectivity index (χ0n) is 17.6. The number of benzene rings is 1. The van der Waals surface area contributed by atoms with E-state index in [1.54, 1.807) is 18.0 Å². The molecule has 3 rings (SSSR count). The lowest BCUT2D eigenvalue weighted by Crippen LogP contribution is -2.44. The Hall–Kier alpha value is -2.85. The minimum Gasteiger partial charge on any atom is -0.466 e. The normalized spacial score (nSPS) is 18.7. The number of amides is 1. The van der Waals surface area contributed by atoms with Gasteiger partial charge in [-0.2, -0.15) is 5.26 Å². The summed E-state index contributed by atoms with van der Waals surface area (Å²) in [5.41, 5.74) is 1.46. The molecule has 0 aliphatic carbocycles. The van der Waals surface area contributed by atoms with Gasteiger partial charge < -0.3 is 14.5 Å². The molecule has 2 saturated heterocycles. The average molecular weight is 411 g/mol. The molecule has 2 aliphatic rings. The molecule has 7 heteroatoms. The number of ether oxygens (including phenoxy) is 1. The first-order valence-electron chi connectivity index (χ1n) is 10.7. The summed E-state index contributed by atoms with van der Waals surface area (Å²) in [5, 5.41) is 9.54. The number of carbonyl (C=O) groups excluding carboxylic acids is 2. The Morgan fingerprint density at radius 3 is 2.37 bits per heavy atom. The summed E-state index contributed by atoms with van der Waals surface area (Å²) < 4.78 is 5.08. The number of rotatable bonds is 6. The second kappa shape index (κ2) is 10.8. The van der Waals surface area contributed by atoms with Crippen molar-refractivity contribution >= 4 is 11.9 Å². The SMILES string of the molecule is CCOC(=O)C1CCN(C(=O)/C(C#N)=C\N2CCN(Cc3ccccc3)CC2)CC1. The third-order valence-electron chi connectivity index (χ3n) is 5.72. The van der Waals surface area contributed by atoms with E-state index in [-0.39, 0.29) is 23.4 Å². The van der Waals surface area contributed by atoms with Gasteiger partial charge in [0, 0.05) is 52.0 Å². The van der Waals surface area contributed by atoms with E-state index in [9.17, 15) is 14.9 Å². The summed E-state index contributed by atoms with van der Waals surface area (Å²) >= 11 is 0. The highest BCUT2D eigenvalue weighted by molar-refractivity contribution is 5.97. The van der Waals surface area contributed by atoms with Crippen LogP contribution < -0.4 is 0 Å². The van der Waals surface area contributed by atoms with Crippen LogP contribution >= 0.6 is 0 Å². The standard InChI is InChI=1S/C23H30N4O3/c1-2-30-23(29)20-8-10-27(11-9-20)22(28)21(16-24)18-26-14-12-25(13-15-26)17-19-6-4-3-5-7-19/h3-7,18,20H,2,8-15,17H2,1H3/b21-18-. The fourth-order valence-corrected chi connectivity index (χ4v) is 3.96. The molecule has 160 valence electrons. The lowest BCUT2D eigenvalue weighted by molar-refractivity contribution is -0.150. The minimum absolute atomic E-state index is 0.152. The van der Waals surface area contributed by atoms with Crippen LogP contribution in [-0.4, -0.2) is 72.5 Å². The van der Waals surface area contributed by atoms with E-state index in [1.165, 1.54) is 5.56 Å². The number of hydrogen-bond acceptors (Lipinski definition) is 6. The van der Waals surface area contributed by atoms with E-state index in [4.69, 9.17) is 4.74 Å². The molecule has 0 saturated carbocycles. The highest BCUT2D eigenvalue weighted by Crippen LogP contribution is 2.20. The smallest absolute Gasteiger partial charge is 0.309 e. The first kappa shape index (κ1) is 21.8. The summed E-state index contributed by atoms with van der Waals surface area (Å²) in [6, 6.07) is 12.5. The van der Waals surface area contributed by atoms with Gasteiger partial charge in [-0.15, -0.1) is 0 Å². The quantitative estimate of drug-likeness (QED) is 0.406. The number of likely N-dealkylation sites (tertiary alicyclic amines) is 1. The number of piperazine rings is 1. The molecule has 30 heavy (non-hydrogen) atoms. The monoisotopic (exact) mass is 410 g/mol. The van der Waals surface area contributed by atoms with Crippen molar-refractivity contribution < 1.29 is 14.3 Å². The van der Waals surface area contributed by atoms with E-state index >= 15 is 0 Å². The Kier molecular flexibility index (Phi) is 7.86. The van der Waals surface area contributed by atoms with E-state index in [0.717, 1.165) is 32.7 Å². The predicted octanol–water partition coefficient (Wildman–Crippen LogP) is 2.01. The number of piperidine rings is 1. The van der Waals surface area contributed by atoms with Crippen molar-refractivity contribution in [1.82, 2.24) is 14.7 Å².